The van der Waals surface area contributed by atoms with Crippen molar-refractivity contribution in [2.75, 3.05) is 31.6 Å². The topological polar surface area (TPSA) is 67.6 Å². The van der Waals surface area contributed by atoms with Crippen molar-refractivity contribution in [1.29, 1.82) is 0 Å². The van der Waals surface area contributed by atoms with Crippen LogP contribution in [0.3, 0.4) is 0 Å². The lowest BCUT2D eigenvalue weighted by Crippen LogP contribution is -2.38. The number of anilines is 1. The molecule has 2 aromatic carbocycles. The number of rotatable bonds is 5. The van der Waals surface area contributed by atoms with Crippen molar-refractivity contribution < 1.29 is 13.9 Å². The van der Waals surface area contributed by atoms with Crippen LogP contribution in [0.25, 0.3) is 21.2 Å². The zero-order chi connectivity index (χ0) is 20.5. The first-order chi connectivity index (χ1) is 14.7. The summed E-state index contributed by atoms with van der Waals surface area (Å²) in [6.07, 6.45) is 2.06. The summed E-state index contributed by atoms with van der Waals surface area (Å²) in [5, 5.41) is 5.00. The number of furan rings is 1. The number of carbonyl (C=O) groups excluding carboxylic acids is 1. The Morgan fingerprint density at radius 3 is 2.87 bits per heavy atom. The molecule has 1 amide bonds. The van der Waals surface area contributed by atoms with Gasteiger partial charge in [0, 0.05) is 25.0 Å². The van der Waals surface area contributed by atoms with Crippen LogP contribution < -0.4 is 15.0 Å². The number of nitrogens with one attached hydrogen (secondary N) is 1. The molecule has 0 unspecified atom stereocenters. The van der Waals surface area contributed by atoms with E-state index < -0.39 is 0 Å². The molecule has 6 nitrogen and oxygen atoms in total. The summed E-state index contributed by atoms with van der Waals surface area (Å²) in [5.74, 6) is 1.23. The van der Waals surface area contributed by atoms with Crippen molar-refractivity contribution in [3.05, 3.63) is 54.3 Å². The number of aromatic nitrogens is 1. The Kier molecular flexibility index (Phi) is 5.04. The van der Waals surface area contributed by atoms with Crippen molar-refractivity contribution in [3.8, 4) is 5.75 Å². The van der Waals surface area contributed by atoms with E-state index in [1.165, 1.54) is 4.70 Å². The van der Waals surface area contributed by atoms with Gasteiger partial charge in [0.15, 0.2) is 22.2 Å². The molecule has 7 heteroatoms. The van der Waals surface area contributed by atoms with Crippen LogP contribution in [0.2, 0.25) is 0 Å². The number of ether oxygens (including phenoxy) is 1. The Labute approximate surface area is 178 Å². The normalized spacial score (nSPS) is 15.0. The maximum atomic E-state index is 12.6. The predicted molar refractivity (Wildman–Crippen MR) is 120 cm³/mol. The van der Waals surface area contributed by atoms with Gasteiger partial charge in [-0.2, -0.15) is 0 Å². The standard InChI is InChI=1S/C23H23N3O3S/c1-28-18-7-4-5-16-13-19(29-21(16)18)22(27)24-14-15-9-11-26(12-10-15)23-25-17-6-2-3-8-20(17)30-23/h2-8,13,15H,9-12,14H2,1H3,(H,24,27). The van der Waals surface area contributed by atoms with Crippen LogP contribution in [-0.2, 0) is 0 Å². The fourth-order valence-electron chi connectivity index (χ4n) is 3.96. The maximum Gasteiger partial charge on any atom is 0.287 e. The molecule has 4 aromatic rings. The molecule has 3 heterocycles. The van der Waals surface area contributed by atoms with Gasteiger partial charge in [0.1, 0.15) is 0 Å². The molecule has 1 saturated heterocycles. The minimum absolute atomic E-state index is 0.179. The number of fused-ring (bicyclic) bond motifs is 2. The number of para-hydroxylation sites is 2. The Hall–Kier alpha value is -3.06. The van der Waals surface area contributed by atoms with Crippen LogP contribution >= 0.6 is 11.3 Å². The Balaban J connectivity index is 1.17. The van der Waals surface area contributed by atoms with Crippen molar-refractivity contribution in [2.45, 2.75) is 12.8 Å². The summed E-state index contributed by atoms with van der Waals surface area (Å²) in [6.45, 7) is 2.57. The van der Waals surface area contributed by atoms with Crippen molar-refractivity contribution in [2.24, 2.45) is 5.92 Å². The Bertz CT molecular complexity index is 1160. The molecule has 0 spiro atoms. The molecule has 1 aliphatic rings. The second kappa shape index (κ2) is 7.99. The first-order valence-corrected chi connectivity index (χ1v) is 11.0. The second-order valence-corrected chi connectivity index (χ2v) is 8.60. The average molecular weight is 422 g/mol. The molecule has 154 valence electrons. The molecule has 30 heavy (non-hydrogen) atoms. The monoisotopic (exact) mass is 421 g/mol. The molecule has 5 rings (SSSR count). The highest BCUT2D eigenvalue weighted by Gasteiger charge is 2.23. The molecule has 1 aliphatic heterocycles. The molecule has 0 saturated carbocycles. The van der Waals surface area contributed by atoms with Crippen molar-refractivity contribution in [3.63, 3.8) is 0 Å². The smallest absolute Gasteiger partial charge is 0.287 e. The van der Waals surface area contributed by atoms with E-state index in [1.807, 2.05) is 24.3 Å². The van der Waals surface area contributed by atoms with E-state index in [0.717, 1.165) is 42.0 Å². The number of hydrogen-bond acceptors (Lipinski definition) is 6. The van der Waals surface area contributed by atoms with Crippen LogP contribution in [-0.4, -0.2) is 37.6 Å². The van der Waals surface area contributed by atoms with E-state index in [9.17, 15) is 4.79 Å². The van der Waals surface area contributed by atoms with Gasteiger partial charge in [-0.1, -0.05) is 35.6 Å². The number of benzene rings is 2. The van der Waals surface area contributed by atoms with Crippen molar-refractivity contribution in [1.82, 2.24) is 10.3 Å². The molecule has 1 N–H and O–H groups in total. The lowest BCUT2D eigenvalue weighted by Gasteiger charge is -2.31. The first kappa shape index (κ1) is 18.9. The third kappa shape index (κ3) is 3.61. The third-order valence-electron chi connectivity index (χ3n) is 5.67. The fraction of sp³-hybridized carbons (Fsp3) is 0.304. The van der Waals surface area contributed by atoms with Gasteiger partial charge < -0.3 is 19.4 Å². The van der Waals surface area contributed by atoms with Gasteiger partial charge in [0.2, 0.25) is 0 Å². The zero-order valence-electron chi connectivity index (χ0n) is 16.8. The van der Waals surface area contributed by atoms with Gasteiger partial charge in [-0.25, -0.2) is 4.98 Å². The minimum atomic E-state index is -0.179. The van der Waals surface area contributed by atoms with Crippen LogP contribution in [0.15, 0.2) is 52.9 Å². The van der Waals surface area contributed by atoms with Crippen LogP contribution in [0, 0.1) is 5.92 Å². The quantitative estimate of drug-likeness (QED) is 0.506. The Morgan fingerprint density at radius 2 is 2.07 bits per heavy atom. The van der Waals surface area contributed by atoms with Crippen LogP contribution in [0.4, 0.5) is 5.13 Å². The van der Waals surface area contributed by atoms with E-state index >= 15 is 0 Å². The molecule has 2 aromatic heterocycles. The zero-order valence-corrected chi connectivity index (χ0v) is 17.6. The number of thiazole rings is 1. The van der Waals surface area contributed by atoms with E-state index in [1.54, 1.807) is 24.5 Å². The summed E-state index contributed by atoms with van der Waals surface area (Å²) in [7, 11) is 1.59. The van der Waals surface area contributed by atoms with Gasteiger partial charge in [-0.15, -0.1) is 0 Å². The molecular formula is C23H23N3O3S. The lowest BCUT2D eigenvalue weighted by molar-refractivity contribution is 0.0919. The summed E-state index contributed by atoms with van der Waals surface area (Å²) < 4.78 is 12.3. The maximum absolute atomic E-state index is 12.6. The molecule has 1 fully saturated rings. The summed E-state index contributed by atoms with van der Waals surface area (Å²) in [4.78, 5) is 19.7. The number of piperidine rings is 1. The number of carbonyl (C=O) groups is 1. The van der Waals surface area contributed by atoms with Gasteiger partial charge in [0.05, 0.1) is 17.3 Å². The minimum Gasteiger partial charge on any atom is -0.493 e. The van der Waals surface area contributed by atoms with Gasteiger partial charge in [0.25, 0.3) is 5.91 Å². The molecule has 0 aliphatic carbocycles. The highest BCUT2D eigenvalue weighted by Crippen LogP contribution is 2.31. The number of amides is 1. The predicted octanol–water partition coefficient (Wildman–Crippen LogP) is 4.70. The molecular weight excluding hydrogens is 398 g/mol. The van der Waals surface area contributed by atoms with Crippen LogP contribution in [0.5, 0.6) is 5.75 Å². The number of hydrogen-bond donors (Lipinski definition) is 1. The van der Waals surface area contributed by atoms with Gasteiger partial charge >= 0.3 is 0 Å². The second-order valence-electron chi connectivity index (χ2n) is 7.59. The Morgan fingerprint density at radius 1 is 1.23 bits per heavy atom. The molecule has 0 atom stereocenters. The number of methoxy groups -OCH3 is 1. The SMILES string of the molecule is COc1cccc2cc(C(=O)NCC3CCN(c4nc5ccccc5s4)CC3)oc12. The summed E-state index contributed by atoms with van der Waals surface area (Å²) in [5.41, 5.74) is 1.67. The first-order valence-electron chi connectivity index (χ1n) is 10.2. The lowest BCUT2D eigenvalue weighted by atomic mass is 9.97. The van der Waals surface area contributed by atoms with Gasteiger partial charge in [-0.3, -0.25) is 4.79 Å². The third-order valence-corrected chi connectivity index (χ3v) is 6.77. The van der Waals surface area contributed by atoms with E-state index in [0.29, 0.717) is 29.6 Å². The van der Waals surface area contributed by atoms with E-state index in [4.69, 9.17) is 14.1 Å². The summed E-state index contributed by atoms with van der Waals surface area (Å²) >= 11 is 1.75. The fourth-order valence-corrected chi connectivity index (χ4v) is 4.97. The van der Waals surface area contributed by atoms with Crippen molar-refractivity contribution >= 4 is 43.6 Å². The highest BCUT2D eigenvalue weighted by molar-refractivity contribution is 7.22. The summed E-state index contributed by atoms with van der Waals surface area (Å²) in [6, 6.07) is 15.6. The van der Waals surface area contributed by atoms with E-state index in [-0.39, 0.29) is 5.91 Å². The number of nitrogens with zero attached hydrogens (tertiary/aromatic N) is 2. The average Bonchev–Trinajstić information content (AvgIpc) is 3.42. The molecule has 0 bridgehead atoms. The molecule has 0 radical (unpaired) electrons. The van der Waals surface area contributed by atoms with Crippen LogP contribution in [0.1, 0.15) is 23.4 Å². The highest BCUT2D eigenvalue weighted by atomic mass is 32.1. The largest absolute Gasteiger partial charge is 0.493 e. The van der Waals surface area contributed by atoms with E-state index in [2.05, 4.69) is 28.4 Å². The van der Waals surface area contributed by atoms with Gasteiger partial charge in [-0.05, 0) is 43.0 Å².